The predicted octanol–water partition coefficient (Wildman–Crippen LogP) is 1.97. The molecular formula is C6H9BrN2S. The van der Waals surface area contributed by atoms with E-state index in [1.807, 2.05) is 19.6 Å². The van der Waals surface area contributed by atoms with Crippen LogP contribution >= 0.6 is 27.3 Å². The van der Waals surface area contributed by atoms with Crippen molar-refractivity contribution in [2.75, 3.05) is 14.1 Å². The lowest BCUT2D eigenvalue weighted by Crippen LogP contribution is -2.10. The van der Waals surface area contributed by atoms with E-state index in [-0.39, 0.29) is 0 Å². The van der Waals surface area contributed by atoms with Crippen molar-refractivity contribution >= 4 is 27.3 Å². The fourth-order valence-corrected chi connectivity index (χ4v) is 1.66. The number of thiazole rings is 1. The lowest BCUT2D eigenvalue weighted by Gasteiger charge is -2.06. The standard InChI is InChI=1S/C6H9BrN2S/c1-9(2)3-5-6(7)10-4-8-5/h4H,3H2,1-2H3. The SMILES string of the molecule is CN(C)Cc1ncsc1Br. The average molecular weight is 221 g/mol. The first kappa shape index (κ1) is 8.17. The second kappa shape index (κ2) is 3.46. The van der Waals surface area contributed by atoms with Crippen LogP contribution in [-0.2, 0) is 6.54 Å². The summed E-state index contributed by atoms with van der Waals surface area (Å²) < 4.78 is 1.14. The molecule has 0 atom stereocenters. The van der Waals surface area contributed by atoms with Gasteiger partial charge >= 0.3 is 0 Å². The summed E-state index contributed by atoms with van der Waals surface area (Å²) in [7, 11) is 4.07. The van der Waals surface area contributed by atoms with Crippen molar-refractivity contribution in [1.82, 2.24) is 9.88 Å². The Balaban J connectivity index is 2.65. The van der Waals surface area contributed by atoms with Gasteiger partial charge in [0.1, 0.15) is 0 Å². The van der Waals surface area contributed by atoms with Crippen LogP contribution in [0.4, 0.5) is 0 Å². The summed E-state index contributed by atoms with van der Waals surface area (Å²) >= 11 is 5.05. The maximum Gasteiger partial charge on any atom is 0.0942 e. The Kier molecular flexibility index (Phi) is 2.82. The van der Waals surface area contributed by atoms with Crippen LogP contribution in [0.15, 0.2) is 9.30 Å². The van der Waals surface area contributed by atoms with Crippen molar-refractivity contribution in [3.05, 3.63) is 15.0 Å². The molecule has 0 amide bonds. The summed E-state index contributed by atoms with van der Waals surface area (Å²) in [5.74, 6) is 0. The molecule has 0 N–H and O–H groups in total. The quantitative estimate of drug-likeness (QED) is 0.758. The fraction of sp³-hybridized carbons (Fsp3) is 0.500. The van der Waals surface area contributed by atoms with E-state index in [1.54, 1.807) is 11.3 Å². The molecule has 1 aromatic rings. The van der Waals surface area contributed by atoms with Gasteiger partial charge in [-0.3, -0.25) is 0 Å². The minimum Gasteiger partial charge on any atom is -0.304 e. The minimum atomic E-state index is 0.907. The van der Waals surface area contributed by atoms with Crippen molar-refractivity contribution in [3.8, 4) is 0 Å². The molecule has 0 saturated heterocycles. The Morgan fingerprint density at radius 3 is 2.80 bits per heavy atom. The van der Waals surface area contributed by atoms with Gasteiger partial charge in [-0.05, 0) is 30.0 Å². The zero-order valence-electron chi connectivity index (χ0n) is 5.97. The van der Waals surface area contributed by atoms with Crippen molar-refractivity contribution < 1.29 is 0 Å². The van der Waals surface area contributed by atoms with E-state index in [9.17, 15) is 0 Å². The first-order chi connectivity index (χ1) is 4.70. The smallest absolute Gasteiger partial charge is 0.0942 e. The molecule has 0 spiro atoms. The van der Waals surface area contributed by atoms with Gasteiger partial charge in [0.25, 0.3) is 0 Å². The molecule has 0 aliphatic carbocycles. The summed E-state index contributed by atoms with van der Waals surface area (Å²) in [4.78, 5) is 6.28. The largest absolute Gasteiger partial charge is 0.304 e. The summed E-state index contributed by atoms with van der Waals surface area (Å²) in [6.07, 6.45) is 0. The molecule has 2 nitrogen and oxygen atoms in total. The third kappa shape index (κ3) is 2.04. The molecule has 1 aromatic heterocycles. The Morgan fingerprint density at radius 2 is 2.40 bits per heavy atom. The van der Waals surface area contributed by atoms with Crippen LogP contribution in [-0.4, -0.2) is 24.0 Å². The third-order valence-electron chi connectivity index (χ3n) is 1.06. The molecule has 1 rings (SSSR count). The average Bonchev–Trinajstić information content (AvgIpc) is 2.15. The van der Waals surface area contributed by atoms with Crippen LogP contribution in [0.1, 0.15) is 5.69 Å². The highest BCUT2D eigenvalue weighted by Gasteiger charge is 2.02. The highest BCUT2D eigenvalue weighted by atomic mass is 79.9. The number of nitrogens with zero attached hydrogens (tertiary/aromatic N) is 2. The third-order valence-corrected chi connectivity index (χ3v) is 2.73. The molecule has 0 radical (unpaired) electrons. The molecule has 0 aliphatic rings. The van der Waals surface area contributed by atoms with Crippen molar-refractivity contribution in [2.24, 2.45) is 0 Å². The lowest BCUT2D eigenvalue weighted by molar-refractivity contribution is 0.397. The summed E-state index contributed by atoms with van der Waals surface area (Å²) in [5.41, 5.74) is 2.97. The predicted molar refractivity (Wildman–Crippen MR) is 47.2 cm³/mol. The van der Waals surface area contributed by atoms with Crippen LogP contribution in [0.5, 0.6) is 0 Å². The Morgan fingerprint density at radius 1 is 1.70 bits per heavy atom. The molecule has 0 aliphatic heterocycles. The van der Waals surface area contributed by atoms with E-state index in [0.29, 0.717) is 0 Å². The number of aromatic nitrogens is 1. The monoisotopic (exact) mass is 220 g/mol. The van der Waals surface area contributed by atoms with Crippen LogP contribution in [0.25, 0.3) is 0 Å². The van der Waals surface area contributed by atoms with Gasteiger partial charge in [-0.1, -0.05) is 0 Å². The van der Waals surface area contributed by atoms with Gasteiger partial charge in [0.2, 0.25) is 0 Å². The Hall–Kier alpha value is 0.0700. The topological polar surface area (TPSA) is 16.1 Å². The van der Waals surface area contributed by atoms with Gasteiger partial charge in [-0.2, -0.15) is 0 Å². The van der Waals surface area contributed by atoms with E-state index in [1.165, 1.54) is 0 Å². The zero-order chi connectivity index (χ0) is 7.56. The van der Waals surface area contributed by atoms with Crippen LogP contribution < -0.4 is 0 Å². The second-order valence-electron chi connectivity index (χ2n) is 2.31. The zero-order valence-corrected chi connectivity index (χ0v) is 8.37. The Bertz CT molecular complexity index is 209. The van der Waals surface area contributed by atoms with Gasteiger partial charge in [-0.15, -0.1) is 11.3 Å². The molecule has 1 heterocycles. The first-order valence-corrected chi connectivity index (χ1v) is 4.60. The summed E-state index contributed by atoms with van der Waals surface area (Å²) in [5, 5.41) is 0. The maximum atomic E-state index is 4.19. The van der Waals surface area contributed by atoms with Gasteiger partial charge in [0.05, 0.1) is 15.0 Å². The minimum absolute atomic E-state index is 0.907. The molecule has 0 unspecified atom stereocenters. The van der Waals surface area contributed by atoms with Gasteiger partial charge in [-0.25, -0.2) is 4.98 Å². The van der Waals surface area contributed by atoms with Crippen molar-refractivity contribution in [1.29, 1.82) is 0 Å². The first-order valence-electron chi connectivity index (χ1n) is 2.92. The molecule has 4 heteroatoms. The molecule has 0 fully saturated rings. The van der Waals surface area contributed by atoms with Crippen LogP contribution in [0, 0.1) is 0 Å². The summed E-state index contributed by atoms with van der Waals surface area (Å²) in [6.45, 7) is 0.907. The number of rotatable bonds is 2. The Labute approximate surface area is 73.0 Å². The van der Waals surface area contributed by atoms with Crippen molar-refractivity contribution in [3.63, 3.8) is 0 Å². The van der Waals surface area contributed by atoms with Gasteiger partial charge < -0.3 is 4.90 Å². The number of halogens is 1. The van der Waals surface area contributed by atoms with E-state index >= 15 is 0 Å². The fourth-order valence-electron chi connectivity index (χ4n) is 0.658. The van der Waals surface area contributed by atoms with Crippen LogP contribution in [0.2, 0.25) is 0 Å². The molecular weight excluding hydrogens is 212 g/mol. The van der Waals surface area contributed by atoms with E-state index in [0.717, 1.165) is 16.0 Å². The molecule has 56 valence electrons. The highest BCUT2D eigenvalue weighted by Crippen LogP contribution is 2.20. The highest BCUT2D eigenvalue weighted by molar-refractivity contribution is 9.11. The lowest BCUT2D eigenvalue weighted by atomic mass is 10.5. The molecule has 10 heavy (non-hydrogen) atoms. The van der Waals surface area contributed by atoms with E-state index in [4.69, 9.17) is 0 Å². The number of hydrogen-bond acceptors (Lipinski definition) is 3. The van der Waals surface area contributed by atoms with Gasteiger partial charge in [0.15, 0.2) is 0 Å². The van der Waals surface area contributed by atoms with E-state index in [2.05, 4.69) is 25.8 Å². The molecule has 0 aromatic carbocycles. The van der Waals surface area contributed by atoms with Gasteiger partial charge in [0, 0.05) is 6.54 Å². The maximum absolute atomic E-state index is 4.19. The number of hydrogen-bond donors (Lipinski definition) is 0. The van der Waals surface area contributed by atoms with Crippen molar-refractivity contribution in [2.45, 2.75) is 6.54 Å². The summed E-state index contributed by atoms with van der Waals surface area (Å²) in [6, 6.07) is 0. The van der Waals surface area contributed by atoms with Crippen LogP contribution in [0.3, 0.4) is 0 Å². The normalized spacial score (nSPS) is 10.8. The second-order valence-corrected chi connectivity index (χ2v) is 4.48. The molecule has 0 bridgehead atoms. The molecule has 0 saturated carbocycles. The van der Waals surface area contributed by atoms with E-state index < -0.39 is 0 Å².